The fraction of sp³-hybridized carbons (Fsp3) is 0.158. The third-order valence-electron chi connectivity index (χ3n) is 3.84. The molecule has 0 bridgehead atoms. The van der Waals surface area contributed by atoms with Crippen molar-refractivity contribution in [1.29, 1.82) is 0 Å². The van der Waals surface area contributed by atoms with Gasteiger partial charge in [-0.2, -0.15) is 11.3 Å². The Bertz CT molecular complexity index is 905. The van der Waals surface area contributed by atoms with Crippen LogP contribution in [-0.4, -0.2) is 35.5 Å². The molecular formula is C19H17NO4S. The molecule has 2 aromatic carbocycles. The molecule has 1 N–H and O–H groups in total. The molecule has 25 heavy (non-hydrogen) atoms. The fourth-order valence-corrected chi connectivity index (χ4v) is 3.11. The Kier molecular flexibility index (Phi) is 5.00. The number of phenols is 1. The minimum atomic E-state index is -0.722. The van der Waals surface area contributed by atoms with Crippen molar-refractivity contribution < 1.29 is 19.4 Å². The summed E-state index contributed by atoms with van der Waals surface area (Å²) in [7, 11) is 1.65. The maximum Gasteiger partial charge on any atom is 0.342 e. The molecule has 0 atom stereocenters. The number of nitrogens with zero attached hydrogens (tertiary/aromatic N) is 1. The van der Waals surface area contributed by atoms with E-state index >= 15 is 0 Å². The molecule has 6 heteroatoms. The van der Waals surface area contributed by atoms with Crippen molar-refractivity contribution in [2.75, 3.05) is 13.7 Å². The standard InChI is InChI=1S/C19H17NO4S/c1-20(10-13-6-7-25-12-13)18(22)11-24-19(23)16-8-14-4-2-3-5-15(14)9-17(16)21/h2-9,12,21H,10-11H2,1H3. The minimum absolute atomic E-state index is 0.0481. The Labute approximate surface area is 149 Å². The van der Waals surface area contributed by atoms with Gasteiger partial charge in [-0.3, -0.25) is 4.79 Å². The van der Waals surface area contributed by atoms with Crippen LogP contribution in [0.1, 0.15) is 15.9 Å². The summed E-state index contributed by atoms with van der Waals surface area (Å²) in [5.74, 6) is -1.19. The van der Waals surface area contributed by atoms with Crippen molar-refractivity contribution in [3.05, 3.63) is 64.4 Å². The first kappa shape index (κ1) is 17.0. The van der Waals surface area contributed by atoms with Gasteiger partial charge in [0, 0.05) is 13.6 Å². The van der Waals surface area contributed by atoms with Gasteiger partial charge in [0.05, 0.1) is 0 Å². The molecule has 0 saturated heterocycles. The zero-order valence-electron chi connectivity index (χ0n) is 13.6. The van der Waals surface area contributed by atoms with Gasteiger partial charge in [0.15, 0.2) is 6.61 Å². The van der Waals surface area contributed by atoms with E-state index in [-0.39, 0.29) is 23.8 Å². The summed E-state index contributed by atoms with van der Waals surface area (Å²) in [4.78, 5) is 25.8. The molecule has 0 fully saturated rings. The summed E-state index contributed by atoms with van der Waals surface area (Å²) < 4.78 is 5.07. The van der Waals surface area contributed by atoms with E-state index < -0.39 is 5.97 Å². The van der Waals surface area contributed by atoms with Crippen LogP contribution < -0.4 is 0 Å². The number of likely N-dealkylation sites (N-methyl/N-ethyl adjacent to an activating group) is 1. The summed E-state index contributed by atoms with van der Waals surface area (Å²) in [5, 5.41) is 15.6. The number of carbonyl (C=O) groups is 2. The lowest BCUT2D eigenvalue weighted by atomic mass is 10.1. The van der Waals surface area contributed by atoms with E-state index in [2.05, 4.69) is 0 Å². The van der Waals surface area contributed by atoms with E-state index in [1.165, 1.54) is 11.0 Å². The van der Waals surface area contributed by atoms with Crippen LogP contribution >= 0.6 is 11.3 Å². The summed E-state index contributed by atoms with van der Waals surface area (Å²) in [5.41, 5.74) is 1.08. The second kappa shape index (κ2) is 7.36. The first-order chi connectivity index (χ1) is 12.0. The fourth-order valence-electron chi connectivity index (χ4n) is 2.45. The van der Waals surface area contributed by atoms with Gasteiger partial charge in [-0.25, -0.2) is 4.79 Å². The molecule has 128 valence electrons. The number of hydrogen-bond donors (Lipinski definition) is 1. The number of benzene rings is 2. The van der Waals surface area contributed by atoms with E-state index in [4.69, 9.17) is 4.74 Å². The number of carbonyl (C=O) groups excluding carboxylic acids is 2. The maximum absolute atomic E-state index is 12.2. The van der Waals surface area contributed by atoms with Gasteiger partial charge >= 0.3 is 5.97 Å². The molecule has 0 spiro atoms. The van der Waals surface area contributed by atoms with Crippen LogP contribution in [0.25, 0.3) is 10.8 Å². The number of phenolic OH excluding ortho intramolecular Hbond substituents is 1. The van der Waals surface area contributed by atoms with E-state index in [0.29, 0.717) is 6.54 Å². The molecule has 1 amide bonds. The molecule has 1 aromatic heterocycles. The summed E-state index contributed by atoms with van der Waals surface area (Å²) in [6, 6.07) is 12.4. The topological polar surface area (TPSA) is 66.8 Å². The number of ether oxygens (including phenoxy) is 1. The van der Waals surface area contributed by atoms with Crippen LogP contribution in [0.4, 0.5) is 0 Å². The zero-order chi connectivity index (χ0) is 17.8. The van der Waals surface area contributed by atoms with Crippen molar-refractivity contribution in [2.45, 2.75) is 6.54 Å². The number of aromatic hydroxyl groups is 1. The van der Waals surface area contributed by atoms with Crippen LogP contribution in [0.3, 0.4) is 0 Å². The quantitative estimate of drug-likeness (QED) is 0.712. The lowest BCUT2D eigenvalue weighted by Crippen LogP contribution is -2.30. The highest BCUT2D eigenvalue weighted by molar-refractivity contribution is 7.07. The SMILES string of the molecule is CN(Cc1ccsc1)C(=O)COC(=O)c1cc2ccccc2cc1O. The van der Waals surface area contributed by atoms with E-state index in [0.717, 1.165) is 16.3 Å². The van der Waals surface area contributed by atoms with Gasteiger partial charge in [-0.05, 0) is 45.3 Å². The Morgan fingerprint density at radius 1 is 1.16 bits per heavy atom. The predicted octanol–water partition coefficient (Wildman–Crippen LogP) is 3.42. The lowest BCUT2D eigenvalue weighted by molar-refractivity contribution is -0.133. The number of hydrogen-bond acceptors (Lipinski definition) is 5. The van der Waals surface area contributed by atoms with E-state index in [1.807, 2.05) is 41.1 Å². The van der Waals surface area contributed by atoms with Crippen LogP contribution in [0, 0.1) is 0 Å². The number of esters is 1. The van der Waals surface area contributed by atoms with Crippen LogP contribution in [0.15, 0.2) is 53.2 Å². The number of amides is 1. The Morgan fingerprint density at radius 2 is 1.88 bits per heavy atom. The maximum atomic E-state index is 12.2. The average Bonchev–Trinajstić information content (AvgIpc) is 3.11. The van der Waals surface area contributed by atoms with Gasteiger partial charge in [-0.15, -0.1) is 0 Å². The molecule has 0 aliphatic heterocycles. The summed E-state index contributed by atoms with van der Waals surface area (Å²) >= 11 is 1.56. The van der Waals surface area contributed by atoms with Crippen LogP contribution in [0.5, 0.6) is 5.75 Å². The van der Waals surface area contributed by atoms with Crippen molar-refractivity contribution in [1.82, 2.24) is 4.90 Å². The number of fused-ring (bicyclic) bond motifs is 1. The van der Waals surface area contributed by atoms with Gasteiger partial charge in [0.25, 0.3) is 5.91 Å². The average molecular weight is 355 g/mol. The molecule has 0 unspecified atom stereocenters. The largest absolute Gasteiger partial charge is 0.507 e. The molecule has 0 radical (unpaired) electrons. The highest BCUT2D eigenvalue weighted by Crippen LogP contribution is 2.25. The number of rotatable bonds is 5. The zero-order valence-corrected chi connectivity index (χ0v) is 14.5. The molecule has 0 aliphatic rings. The normalized spacial score (nSPS) is 10.6. The highest BCUT2D eigenvalue weighted by atomic mass is 32.1. The lowest BCUT2D eigenvalue weighted by Gasteiger charge is -2.16. The monoisotopic (exact) mass is 355 g/mol. The van der Waals surface area contributed by atoms with Crippen molar-refractivity contribution in [2.24, 2.45) is 0 Å². The van der Waals surface area contributed by atoms with Crippen LogP contribution in [-0.2, 0) is 16.1 Å². The predicted molar refractivity (Wildman–Crippen MR) is 96.7 cm³/mol. The van der Waals surface area contributed by atoms with E-state index in [9.17, 15) is 14.7 Å². The van der Waals surface area contributed by atoms with Gasteiger partial charge in [0.2, 0.25) is 0 Å². The van der Waals surface area contributed by atoms with Gasteiger partial charge in [-0.1, -0.05) is 24.3 Å². The molecule has 1 heterocycles. The molecule has 0 saturated carbocycles. The van der Waals surface area contributed by atoms with Crippen molar-refractivity contribution in [3.8, 4) is 5.75 Å². The third kappa shape index (κ3) is 3.97. The highest BCUT2D eigenvalue weighted by Gasteiger charge is 2.17. The Hall–Kier alpha value is -2.86. The molecular weight excluding hydrogens is 338 g/mol. The van der Waals surface area contributed by atoms with Crippen molar-refractivity contribution in [3.63, 3.8) is 0 Å². The number of thiophene rings is 1. The van der Waals surface area contributed by atoms with E-state index in [1.54, 1.807) is 24.5 Å². The first-order valence-corrected chi connectivity index (χ1v) is 8.63. The third-order valence-corrected chi connectivity index (χ3v) is 4.57. The second-order valence-electron chi connectivity index (χ2n) is 5.67. The molecule has 3 aromatic rings. The second-order valence-corrected chi connectivity index (χ2v) is 6.45. The Balaban J connectivity index is 1.64. The minimum Gasteiger partial charge on any atom is -0.507 e. The summed E-state index contributed by atoms with van der Waals surface area (Å²) in [6.07, 6.45) is 0. The van der Waals surface area contributed by atoms with Crippen molar-refractivity contribution >= 4 is 34.0 Å². The van der Waals surface area contributed by atoms with Gasteiger partial charge in [0.1, 0.15) is 11.3 Å². The molecule has 0 aliphatic carbocycles. The Morgan fingerprint density at radius 3 is 2.56 bits per heavy atom. The van der Waals surface area contributed by atoms with Crippen LogP contribution in [0.2, 0.25) is 0 Å². The summed E-state index contributed by atoms with van der Waals surface area (Å²) in [6.45, 7) is 0.0901. The first-order valence-electron chi connectivity index (χ1n) is 7.68. The van der Waals surface area contributed by atoms with Gasteiger partial charge < -0.3 is 14.7 Å². The smallest absolute Gasteiger partial charge is 0.342 e. The molecule has 5 nitrogen and oxygen atoms in total. The molecule has 3 rings (SSSR count).